The Morgan fingerprint density at radius 2 is 2.25 bits per heavy atom. The van der Waals surface area contributed by atoms with Crippen molar-refractivity contribution in [3.63, 3.8) is 0 Å². The van der Waals surface area contributed by atoms with Crippen molar-refractivity contribution in [3.8, 4) is 0 Å². The molecule has 88 valence electrons. The minimum Gasteiger partial charge on any atom is -0.461 e. The zero-order chi connectivity index (χ0) is 12.1. The van der Waals surface area contributed by atoms with Crippen LogP contribution in [0.25, 0.3) is 0 Å². The highest BCUT2D eigenvalue weighted by Gasteiger charge is 2.15. The number of aromatic nitrogens is 1. The summed E-state index contributed by atoms with van der Waals surface area (Å²) < 4.78 is 6.96. The van der Waals surface area contributed by atoms with Gasteiger partial charge in [0.1, 0.15) is 5.69 Å². The van der Waals surface area contributed by atoms with Crippen LogP contribution in [0.5, 0.6) is 0 Å². The molecule has 0 unspecified atom stereocenters. The van der Waals surface area contributed by atoms with Crippen molar-refractivity contribution in [3.05, 3.63) is 35.7 Å². The molecule has 0 radical (unpaired) electrons. The van der Waals surface area contributed by atoms with Crippen molar-refractivity contribution in [2.24, 2.45) is 0 Å². The van der Waals surface area contributed by atoms with Gasteiger partial charge in [0.25, 0.3) is 0 Å². The Bertz CT molecular complexity index is 391. The van der Waals surface area contributed by atoms with Gasteiger partial charge in [-0.1, -0.05) is 5.57 Å². The predicted molar refractivity (Wildman–Crippen MR) is 64.6 cm³/mol. The van der Waals surface area contributed by atoms with E-state index in [1.165, 1.54) is 0 Å². The molecule has 1 aromatic heterocycles. The lowest BCUT2D eigenvalue weighted by molar-refractivity contribution is 0.0513. The molecule has 0 saturated heterocycles. The number of carbonyl (C=O) groups excluding carboxylic acids is 1. The first-order valence-electron chi connectivity index (χ1n) is 5.53. The first-order valence-corrected chi connectivity index (χ1v) is 5.53. The number of hydrogen-bond acceptors (Lipinski definition) is 2. The summed E-state index contributed by atoms with van der Waals surface area (Å²) in [5.41, 5.74) is 2.73. The lowest BCUT2D eigenvalue weighted by Gasteiger charge is -2.09. The van der Waals surface area contributed by atoms with Gasteiger partial charge in [0, 0.05) is 12.7 Å². The molecule has 1 aromatic rings. The summed E-state index contributed by atoms with van der Waals surface area (Å²) in [6.07, 6.45) is 2.80. The Balaban J connectivity index is 2.85. The van der Waals surface area contributed by atoms with Crippen LogP contribution in [0.1, 0.15) is 36.3 Å². The van der Waals surface area contributed by atoms with Gasteiger partial charge in [0.05, 0.1) is 6.61 Å². The number of aryl methyl sites for hydroxylation is 2. The average Bonchev–Trinajstić information content (AvgIpc) is 2.57. The van der Waals surface area contributed by atoms with E-state index in [2.05, 4.69) is 6.58 Å². The molecule has 0 aliphatic heterocycles. The van der Waals surface area contributed by atoms with Gasteiger partial charge in [0.2, 0.25) is 0 Å². The molecule has 3 nitrogen and oxygen atoms in total. The fourth-order valence-electron chi connectivity index (χ4n) is 1.56. The van der Waals surface area contributed by atoms with Crippen LogP contribution >= 0.6 is 0 Å². The fraction of sp³-hybridized carbons (Fsp3) is 0.462. The van der Waals surface area contributed by atoms with Gasteiger partial charge in [-0.05, 0) is 38.8 Å². The van der Waals surface area contributed by atoms with Crippen molar-refractivity contribution in [1.82, 2.24) is 4.57 Å². The Labute approximate surface area is 96.7 Å². The summed E-state index contributed by atoms with van der Waals surface area (Å²) in [6.45, 7) is 10.8. The Morgan fingerprint density at radius 1 is 1.56 bits per heavy atom. The first-order chi connectivity index (χ1) is 7.56. The van der Waals surface area contributed by atoms with Crippen LogP contribution < -0.4 is 0 Å². The van der Waals surface area contributed by atoms with E-state index in [0.29, 0.717) is 12.3 Å². The zero-order valence-corrected chi connectivity index (χ0v) is 10.2. The molecule has 0 fully saturated rings. The molecule has 1 rings (SSSR count). The molecule has 0 aliphatic carbocycles. The lowest BCUT2D eigenvalue weighted by Crippen LogP contribution is -2.13. The molecule has 0 atom stereocenters. The summed E-state index contributed by atoms with van der Waals surface area (Å²) in [6, 6.07) is 1.94. The van der Waals surface area contributed by atoms with E-state index in [0.717, 1.165) is 24.1 Å². The standard InChI is InChI=1S/C13H19NO2/c1-5-16-13(15)12-11(4)7-9-14(12)8-6-10(2)3/h7,9H,2,5-6,8H2,1,3-4H3. The smallest absolute Gasteiger partial charge is 0.355 e. The Morgan fingerprint density at radius 3 is 2.81 bits per heavy atom. The van der Waals surface area contributed by atoms with E-state index >= 15 is 0 Å². The van der Waals surface area contributed by atoms with Gasteiger partial charge in [-0.3, -0.25) is 0 Å². The second kappa shape index (κ2) is 5.54. The fourth-order valence-corrected chi connectivity index (χ4v) is 1.56. The molecular formula is C13H19NO2. The van der Waals surface area contributed by atoms with Crippen molar-refractivity contribution in [1.29, 1.82) is 0 Å². The second-order valence-electron chi connectivity index (χ2n) is 3.97. The SMILES string of the molecule is C=C(C)CCn1ccc(C)c1C(=O)OCC. The number of rotatable bonds is 5. The van der Waals surface area contributed by atoms with Gasteiger partial charge >= 0.3 is 5.97 Å². The molecule has 16 heavy (non-hydrogen) atoms. The van der Waals surface area contributed by atoms with E-state index in [-0.39, 0.29) is 5.97 Å². The molecule has 0 saturated carbocycles. The maximum Gasteiger partial charge on any atom is 0.355 e. The molecule has 0 spiro atoms. The Kier molecular flexibility index (Phi) is 4.35. The minimum absolute atomic E-state index is 0.244. The van der Waals surface area contributed by atoms with E-state index in [1.807, 2.05) is 37.6 Å². The monoisotopic (exact) mass is 221 g/mol. The summed E-state index contributed by atoms with van der Waals surface area (Å²) in [5.74, 6) is -0.244. The quantitative estimate of drug-likeness (QED) is 0.565. The molecule has 0 N–H and O–H groups in total. The van der Waals surface area contributed by atoms with E-state index in [1.54, 1.807) is 0 Å². The van der Waals surface area contributed by atoms with E-state index in [4.69, 9.17) is 4.74 Å². The van der Waals surface area contributed by atoms with Crippen LogP contribution in [0.15, 0.2) is 24.4 Å². The molecule has 0 bridgehead atoms. The van der Waals surface area contributed by atoms with Gasteiger partial charge in [-0.15, -0.1) is 6.58 Å². The van der Waals surface area contributed by atoms with Crippen LogP contribution in [0.3, 0.4) is 0 Å². The van der Waals surface area contributed by atoms with Gasteiger partial charge in [0.15, 0.2) is 0 Å². The highest BCUT2D eigenvalue weighted by molar-refractivity contribution is 5.89. The van der Waals surface area contributed by atoms with Crippen LogP contribution in [0, 0.1) is 6.92 Å². The van der Waals surface area contributed by atoms with Crippen molar-refractivity contribution in [2.75, 3.05) is 6.61 Å². The third-order valence-electron chi connectivity index (χ3n) is 2.41. The molecule has 0 aromatic carbocycles. The maximum atomic E-state index is 11.7. The van der Waals surface area contributed by atoms with Crippen LogP contribution in [0.4, 0.5) is 0 Å². The Hall–Kier alpha value is -1.51. The van der Waals surface area contributed by atoms with Gasteiger partial charge in [-0.25, -0.2) is 4.79 Å². The highest BCUT2D eigenvalue weighted by Crippen LogP contribution is 2.13. The highest BCUT2D eigenvalue weighted by atomic mass is 16.5. The van der Waals surface area contributed by atoms with E-state index in [9.17, 15) is 4.79 Å². The number of carbonyl (C=O) groups is 1. The first kappa shape index (κ1) is 12.6. The largest absolute Gasteiger partial charge is 0.461 e. The lowest BCUT2D eigenvalue weighted by atomic mass is 10.2. The number of hydrogen-bond donors (Lipinski definition) is 0. The molecule has 1 heterocycles. The summed E-state index contributed by atoms with van der Waals surface area (Å²) >= 11 is 0. The predicted octanol–water partition coefficient (Wildman–Crippen LogP) is 2.94. The number of allylic oxidation sites excluding steroid dienone is 1. The number of nitrogens with zero attached hydrogens (tertiary/aromatic N) is 1. The second-order valence-corrected chi connectivity index (χ2v) is 3.97. The summed E-state index contributed by atoms with van der Waals surface area (Å²) in [4.78, 5) is 11.7. The van der Waals surface area contributed by atoms with Gasteiger partial charge in [-0.2, -0.15) is 0 Å². The molecule has 0 amide bonds. The van der Waals surface area contributed by atoms with Crippen molar-refractivity contribution in [2.45, 2.75) is 33.7 Å². The minimum atomic E-state index is -0.244. The number of ether oxygens (including phenoxy) is 1. The van der Waals surface area contributed by atoms with Crippen molar-refractivity contribution >= 4 is 5.97 Å². The van der Waals surface area contributed by atoms with Gasteiger partial charge < -0.3 is 9.30 Å². The van der Waals surface area contributed by atoms with Crippen LogP contribution in [0.2, 0.25) is 0 Å². The third kappa shape index (κ3) is 2.99. The van der Waals surface area contributed by atoms with Crippen LogP contribution in [-0.2, 0) is 11.3 Å². The maximum absolute atomic E-state index is 11.7. The summed E-state index contributed by atoms with van der Waals surface area (Å²) in [5, 5.41) is 0. The topological polar surface area (TPSA) is 31.2 Å². The molecular weight excluding hydrogens is 202 g/mol. The summed E-state index contributed by atoms with van der Waals surface area (Å²) in [7, 11) is 0. The van der Waals surface area contributed by atoms with Crippen molar-refractivity contribution < 1.29 is 9.53 Å². The average molecular weight is 221 g/mol. The van der Waals surface area contributed by atoms with E-state index < -0.39 is 0 Å². The number of esters is 1. The molecule has 0 aliphatic rings. The van der Waals surface area contributed by atoms with Crippen LogP contribution in [-0.4, -0.2) is 17.1 Å². The third-order valence-corrected chi connectivity index (χ3v) is 2.41. The zero-order valence-electron chi connectivity index (χ0n) is 10.2. The molecule has 3 heteroatoms. The normalized spacial score (nSPS) is 10.2.